The van der Waals surface area contributed by atoms with Gasteiger partial charge in [0.25, 0.3) is 5.91 Å². The van der Waals surface area contributed by atoms with Gasteiger partial charge in [0.05, 0.1) is 17.8 Å². The molecule has 2 rings (SSSR count). The van der Waals surface area contributed by atoms with Crippen LogP contribution in [0.2, 0.25) is 0 Å². The van der Waals surface area contributed by atoms with Gasteiger partial charge in [-0.15, -0.1) is 0 Å². The third kappa shape index (κ3) is 3.67. The number of hydrogen-bond donors (Lipinski definition) is 0. The molecular weight excluding hydrogens is 384 g/mol. The van der Waals surface area contributed by atoms with Crippen LogP contribution in [0.3, 0.4) is 0 Å². The van der Waals surface area contributed by atoms with Crippen LogP contribution in [-0.4, -0.2) is 22.3 Å². The fourth-order valence-corrected chi connectivity index (χ4v) is 3.06. The van der Waals surface area contributed by atoms with Gasteiger partial charge in [-0.3, -0.25) is 9.78 Å². The Hall–Kier alpha value is -1.20. The van der Waals surface area contributed by atoms with Crippen LogP contribution in [-0.2, 0) is 6.54 Å². The van der Waals surface area contributed by atoms with E-state index in [0.29, 0.717) is 18.7 Å². The summed E-state index contributed by atoms with van der Waals surface area (Å²) in [4.78, 5) is 18.6. The normalized spacial score (nSPS) is 10.3. The number of hydrogen-bond acceptors (Lipinski definition) is 2. The van der Waals surface area contributed by atoms with Crippen molar-refractivity contribution in [2.75, 3.05) is 6.54 Å². The first kappa shape index (κ1) is 15.2. The Balaban J connectivity index is 2.21. The molecule has 2 aromatic rings. The number of rotatable bonds is 4. The van der Waals surface area contributed by atoms with Crippen molar-refractivity contribution in [3.05, 3.63) is 62.8 Å². The smallest absolute Gasteiger partial charge is 0.255 e. The lowest BCUT2D eigenvalue weighted by molar-refractivity contribution is 0.0749. The average Bonchev–Trinajstić information content (AvgIpc) is 2.45. The molecule has 0 saturated heterocycles. The number of pyridine rings is 1. The van der Waals surface area contributed by atoms with E-state index in [1.807, 2.05) is 43.3 Å². The van der Waals surface area contributed by atoms with Crippen LogP contribution in [0.1, 0.15) is 23.0 Å². The summed E-state index contributed by atoms with van der Waals surface area (Å²) in [6.07, 6.45) is 1.74. The Morgan fingerprint density at radius 2 is 2.05 bits per heavy atom. The van der Waals surface area contributed by atoms with Gasteiger partial charge < -0.3 is 4.90 Å². The van der Waals surface area contributed by atoms with Crippen LogP contribution in [0.15, 0.2) is 51.5 Å². The van der Waals surface area contributed by atoms with Crippen molar-refractivity contribution in [1.82, 2.24) is 9.88 Å². The SMILES string of the molecule is CCN(Cc1ccccn1)C(=O)c1ccc(Br)cc1Br. The molecule has 0 bridgehead atoms. The molecule has 0 aliphatic carbocycles. The first-order valence-corrected chi connectivity index (χ1v) is 7.84. The minimum atomic E-state index is -0.00229. The van der Waals surface area contributed by atoms with Gasteiger partial charge in [0.1, 0.15) is 0 Å². The quantitative estimate of drug-likeness (QED) is 0.771. The van der Waals surface area contributed by atoms with Crippen LogP contribution < -0.4 is 0 Å². The summed E-state index contributed by atoms with van der Waals surface area (Å²) in [7, 11) is 0. The number of benzene rings is 1. The number of carbonyl (C=O) groups excluding carboxylic acids is 1. The van der Waals surface area contributed by atoms with Crippen LogP contribution in [0, 0.1) is 0 Å². The second kappa shape index (κ2) is 6.99. The number of halogens is 2. The summed E-state index contributed by atoms with van der Waals surface area (Å²) < 4.78 is 1.73. The molecule has 0 unspecified atom stereocenters. The molecule has 5 heteroatoms. The van der Waals surface area contributed by atoms with E-state index in [1.54, 1.807) is 11.1 Å². The van der Waals surface area contributed by atoms with E-state index in [-0.39, 0.29) is 5.91 Å². The summed E-state index contributed by atoms with van der Waals surface area (Å²) in [5, 5.41) is 0. The van der Waals surface area contributed by atoms with Gasteiger partial charge in [-0.1, -0.05) is 22.0 Å². The van der Waals surface area contributed by atoms with Crippen LogP contribution in [0.25, 0.3) is 0 Å². The summed E-state index contributed by atoms with van der Waals surface area (Å²) in [6, 6.07) is 11.3. The van der Waals surface area contributed by atoms with Crippen molar-refractivity contribution in [2.24, 2.45) is 0 Å². The molecule has 0 saturated carbocycles. The van der Waals surface area contributed by atoms with Crippen molar-refractivity contribution < 1.29 is 4.79 Å². The standard InChI is InChI=1S/C15H14Br2N2O/c1-2-19(10-12-5-3-4-8-18-12)15(20)13-7-6-11(16)9-14(13)17/h3-9H,2,10H2,1H3. The third-order valence-electron chi connectivity index (χ3n) is 2.91. The number of amides is 1. The van der Waals surface area contributed by atoms with E-state index in [4.69, 9.17) is 0 Å². The minimum absolute atomic E-state index is 0.00229. The lowest BCUT2D eigenvalue weighted by atomic mass is 10.2. The van der Waals surface area contributed by atoms with Gasteiger partial charge in [0.2, 0.25) is 0 Å². The fraction of sp³-hybridized carbons (Fsp3) is 0.200. The van der Waals surface area contributed by atoms with Crippen molar-refractivity contribution >= 4 is 37.8 Å². The zero-order chi connectivity index (χ0) is 14.5. The topological polar surface area (TPSA) is 33.2 Å². The first-order chi connectivity index (χ1) is 9.61. The zero-order valence-corrected chi connectivity index (χ0v) is 14.2. The van der Waals surface area contributed by atoms with Gasteiger partial charge in [-0.05, 0) is 53.2 Å². The highest BCUT2D eigenvalue weighted by Crippen LogP contribution is 2.23. The maximum Gasteiger partial charge on any atom is 0.255 e. The number of carbonyl (C=O) groups is 1. The molecule has 1 aromatic carbocycles. The summed E-state index contributed by atoms with van der Waals surface area (Å²) in [5.74, 6) is -0.00229. The molecule has 1 amide bonds. The monoisotopic (exact) mass is 396 g/mol. The van der Waals surface area contributed by atoms with E-state index in [1.165, 1.54) is 0 Å². The zero-order valence-electron chi connectivity index (χ0n) is 11.0. The maximum atomic E-state index is 12.6. The van der Waals surface area contributed by atoms with E-state index in [2.05, 4.69) is 36.8 Å². The van der Waals surface area contributed by atoms with Crippen molar-refractivity contribution in [2.45, 2.75) is 13.5 Å². The summed E-state index contributed by atoms with van der Waals surface area (Å²) in [5.41, 5.74) is 1.54. The molecule has 20 heavy (non-hydrogen) atoms. The Morgan fingerprint density at radius 3 is 2.65 bits per heavy atom. The summed E-state index contributed by atoms with van der Waals surface area (Å²) in [6.45, 7) is 3.12. The van der Waals surface area contributed by atoms with Gasteiger partial charge in [-0.25, -0.2) is 0 Å². The minimum Gasteiger partial charge on any atom is -0.333 e. The first-order valence-electron chi connectivity index (χ1n) is 6.26. The largest absolute Gasteiger partial charge is 0.333 e. The molecular formula is C15H14Br2N2O. The number of nitrogens with zero attached hydrogens (tertiary/aromatic N) is 2. The molecule has 0 spiro atoms. The second-order valence-electron chi connectivity index (χ2n) is 4.26. The van der Waals surface area contributed by atoms with Gasteiger partial charge in [0.15, 0.2) is 0 Å². The molecule has 0 radical (unpaired) electrons. The fourth-order valence-electron chi connectivity index (χ4n) is 1.85. The Morgan fingerprint density at radius 1 is 1.25 bits per heavy atom. The summed E-state index contributed by atoms with van der Waals surface area (Å²) >= 11 is 6.83. The van der Waals surface area contributed by atoms with Crippen molar-refractivity contribution in [1.29, 1.82) is 0 Å². The highest BCUT2D eigenvalue weighted by atomic mass is 79.9. The molecule has 1 aromatic heterocycles. The van der Waals surface area contributed by atoms with Crippen LogP contribution in [0.4, 0.5) is 0 Å². The van der Waals surface area contributed by atoms with E-state index in [9.17, 15) is 4.79 Å². The Labute approximate surface area is 135 Å². The highest BCUT2D eigenvalue weighted by Gasteiger charge is 2.17. The molecule has 0 N–H and O–H groups in total. The molecule has 1 heterocycles. The van der Waals surface area contributed by atoms with E-state index in [0.717, 1.165) is 14.6 Å². The molecule has 3 nitrogen and oxygen atoms in total. The van der Waals surface area contributed by atoms with Crippen LogP contribution in [0.5, 0.6) is 0 Å². The van der Waals surface area contributed by atoms with Gasteiger partial charge >= 0.3 is 0 Å². The van der Waals surface area contributed by atoms with E-state index < -0.39 is 0 Å². The molecule has 0 atom stereocenters. The number of aromatic nitrogens is 1. The highest BCUT2D eigenvalue weighted by molar-refractivity contribution is 9.11. The molecule has 0 aliphatic heterocycles. The molecule has 0 fully saturated rings. The van der Waals surface area contributed by atoms with Crippen molar-refractivity contribution in [3.8, 4) is 0 Å². The lowest BCUT2D eigenvalue weighted by Gasteiger charge is -2.21. The predicted octanol–water partition coefficient (Wildman–Crippen LogP) is 4.27. The van der Waals surface area contributed by atoms with Gasteiger partial charge in [-0.2, -0.15) is 0 Å². The lowest BCUT2D eigenvalue weighted by Crippen LogP contribution is -2.30. The van der Waals surface area contributed by atoms with Gasteiger partial charge in [0, 0.05) is 21.7 Å². The maximum absolute atomic E-state index is 12.6. The van der Waals surface area contributed by atoms with Crippen LogP contribution >= 0.6 is 31.9 Å². The second-order valence-corrected chi connectivity index (χ2v) is 6.03. The molecule has 0 aliphatic rings. The predicted molar refractivity (Wildman–Crippen MR) is 86.5 cm³/mol. The molecule has 104 valence electrons. The third-order valence-corrected chi connectivity index (χ3v) is 4.06. The Kier molecular flexibility index (Phi) is 5.31. The van der Waals surface area contributed by atoms with Crippen molar-refractivity contribution in [3.63, 3.8) is 0 Å². The Bertz CT molecular complexity index is 602. The average molecular weight is 398 g/mol. The van der Waals surface area contributed by atoms with E-state index >= 15 is 0 Å².